The molecule has 11 heteroatoms. The number of hydrogen-bond donors (Lipinski definition) is 4. The van der Waals surface area contributed by atoms with Gasteiger partial charge in [-0.3, -0.25) is 0 Å². The minimum Gasteiger partial charge on any atom is -0.339 e. The van der Waals surface area contributed by atoms with Gasteiger partial charge >= 0.3 is 0 Å². The zero-order valence-electron chi connectivity index (χ0n) is 25.8. The van der Waals surface area contributed by atoms with Gasteiger partial charge in [-0.2, -0.15) is 0 Å². The van der Waals surface area contributed by atoms with Crippen molar-refractivity contribution in [2.75, 3.05) is 0 Å². The number of aromatic amines is 4. The van der Waals surface area contributed by atoms with Crippen molar-refractivity contribution in [3.63, 3.8) is 0 Å². The van der Waals surface area contributed by atoms with Crippen LogP contribution in [0.3, 0.4) is 0 Å². The van der Waals surface area contributed by atoms with E-state index in [0.717, 1.165) is 76.6 Å². The van der Waals surface area contributed by atoms with E-state index in [4.69, 9.17) is 63.8 Å². The summed E-state index contributed by atoms with van der Waals surface area (Å²) >= 11 is 22.4. The van der Waals surface area contributed by atoms with Gasteiger partial charge in [-0.25, -0.2) is 15.0 Å². The summed E-state index contributed by atoms with van der Waals surface area (Å²) in [6.45, 7) is 0. The Balaban J connectivity index is 1.37. The molecule has 0 saturated carbocycles. The Morgan fingerprint density at radius 1 is 0.420 bits per heavy atom. The van der Waals surface area contributed by atoms with Crippen molar-refractivity contribution in [2.24, 2.45) is 15.0 Å². The average molecular weight is 716 g/mol. The third-order valence-corrected chi connectivity index (χ3v) is 11.3. The molecule has 1 aliphatic rings. The summed E-state index contributed by atoms with van der Waals surface area (Å²) in [5, 5.41) is 8.65. The fraction of sp³-hybridized carbons (Fsp3) is 0. The Morgan fingerprint density at radius 2 is 0.940 bits per heavy atom. The van der Waals surface area contributed by atoms with E-state index in [1.54, 1.807) is 0 Å². The van der Waals surface area contributed by atoms with E-state index < -0.39 is 0 Å². The first-order valence-corrected chi connectivity index (χ1v) is 17.4. The quantitative estimate of drug-likeness (QED) is 0.128. The van der Waals surface area contributed by atoms with E-state index in [2.05, 4.69) is 74.5 Å². The van der Waals surface area contributed by atoms with Gasteiger partial charge in [-0.1, -0.05) is 128 Å². The molecule has 9 aromatic rings. The highest BCUT2D eigenvalue weighted by Gasteiger charge is 2.15. The van der Waals surface area contributed by atoms with E-state index in [1.807, 2.05) is 48.5 Å². The van der Waals surface area contributed by atoms with Crippen molar-refractivity contribution in [1.82, 2.24) is 19.9 Å². The second-order valence-electron chi connectivity index (χ2n) is 12.2. The number of nitrogens with zero attached hydrogens (tertiary/aromatic N) is 3. The molecular weight excluding hydrogens is 695 g/mol. The second-order valence-corrected chi connectivity index (χ2v) is 13.9. The number of hydrogen-bond acceptors (Lipinski definition) is 7. The zero-order chi connectivity index (χ0) is 33.7. The first kappa shape index (κ1) is 29.3. The van der Waals surface area contributed by atoms with E-state index >= 15 is 0 Å². The molecule has 0 saturated heterocycles. The number of aromatic nitrogens is 4. The summed E-state index contributed by atoms with van der Waals surface area (Å²) in [5.41, 5.74) is 4.72. The molecule has 10 rings (SSSR count). The van der Waals surface area contributed by atoms with Gasteiger partial charge in [-0.15, -0.1) is 0 Å². The molecule has 5 aromatic carbocycles. The lowest BCUT2D eigenvalue weighted by Gasteiger charge is -2.03. The lowest BCUT2D eigenvalue weighted by molar-refractivity contribution is 1.10. The van der Waals surface area contributed by atoms with Crippen molar-refractivity contribution in [1.29, 1.82) is 0 Å². The smallest absolute Gasteiger partial charge is 0.142 e. The first-order valence-electron chi connectivity index (χ1n) is 15.8. The third kappa shape index (κ3) is 4.41. The van der Waals surface area contributed by atoms with Gasteiger partial charge in [-0.05, 0) is 29.8 Å². The normalized spacial score (nSPS) is 12.6. The molecule has 0 amide bonds. The maximum atomic E-state index is 5.78. The summed E-state index contributed by atoms with van der Waals surface area (Å²) in [4.78, 5) is 29.8. The van der Waals surface area contributed by atoms with Crippen molar-refractivity contribution < 1.29 is 0 Å². The standard InChI is InChI=1S/C39H21N7S4/c47-30-16-26(31(48)33(50)32(30)49)18-13-14-25-27(15-18)29-17-28-19-7-1-2-8-20(19)34(40-28)42-36-21-9-3-5-11-23(21)38(44-36)46-39-24-12-6-4-10-22(24)37(45-39)43-35(25)41-29/h1-17H,(H4,40,41,42,43,44,45,46). The van der Waals surface area contributed by atoms with Gasteiger partial charge in [0, 0.05) is 59.7 Å². The first-order chi connectivity index (χ1) is 24.4. The molecule has 50 heavy (non-hydrogen) atoms. The highest BCUT2D eigenvalue weighted by atomic mass is 32.1. The van der Waals surface area contributed by atoms with Crippen molar-refractivity contribution in [3.8, 4) is 11.1 Å². The fourth-order valence-electron chi connectivity index (χ4n) is 6.93. The Kier molecular flexibility index (Phi) is 6.43. The van der Waals surface area contributed by atoms with Crippen LogP contribution in [-0.4, -0.2) is 19.9 Å². The van der Waals surface area contributed by atoms with Gasteiger partial charge in [0.2, 0.25) is 0 Å². The molecule has 1 aliphatic heterocycles. The second kappa shape index (κ2) is 11.0. The predicted molar refractivity (Wildman–Crippen MR) is 210 cm³/mol. The molecule has 4 N–H and O–H groups in total. The Bertz CT molecular complexity index is 3420. The number of H-pyrrole nitrogens is 4. The van der Waals surface area contributed by atoms with Crippen LogP contribution >= 0.6 is 48.9 Å². The van der Waals surface area contributed by atoms with E-state index in [9.17, 15) is 0 Å². The van der Waals surface area contributed by atoms with Gasteiger partial charge in [0.25, 0.3) is 0 Å². The van der Waals surface area contributed by atoms with Crippen LogP contribution in [0.25, 0.3) is 60.3 Å². The fourth-order valence-corrected chi connectivity index (χ4v) is 7.94. The molecule has 0 aliphatic carbocycles. The lowest BCUT2D eigenvalue weighted by atomic mass is 10.0. The Hall–Kier alpha value is -5.59. The topological polar surface area (TPSA) is 100 Å². The number of fused-ring (bicyclic) bond motifs is 20. The number of nitrogens with one attached hydrogen (secondary N) is 4. The molecule has 4 aromatic heterocycles. The van der Waals surface area contributed by atoms with Crippen LogP contribution in [0.2, 0.25) is 0 Å². The Labute approximate surface area is 302 Å². The molecule has 0 unspecified atom stereocenters. The molecular formula is C39H21N7S4. The molecule has 7 nitrogen and oxygen atoms in total. The monoisotopic (exact) mass is 715 g/mol. The largest absolute Gasteiger partial charge is 0.339 e. The molecule has 236 valence electrons. The van der Waals surface area contributed by atoms with E-state index in [-0.39, 0.29) is 0 Å². The molecule has 5 heterocycles. The van der Waals surface area contributed by atoms with Crippen LogP contribution in [0, 0.1) is 18.0 Å². The highest BCUT2D eigenvalue weighted by molar-refractivity contribution is 7.76. The minimum atomic E-state index is 0.447. The number of rotatable bonds is 1. The molecule has 8 bridgehead atoms. The predicted octanol–water partition coefficient (Wildman–Crippen LogP) is 9.07. The maximum absolute atomic E-state index is 5.78. The zero-order valence-corrected chi connectivity index (χ0v) is 29.1. The van der Waals surface area contributed by atoms with Crippen molar-refractivity contribution in [2.45, 2.75) is 0 Å². The van der Waals surface area contributed by atoms with Gasteiger partial charge in [0.05, 0.1) is 18.0 Å². The van der Waals surface area contributed by atoms with Crippen molar-refractivity contribution in [3.05, 3.63) is 143 Å². The van der Waals surface area contributed by atoms with Crippen LogP contribution in [0.1, 0.15) is 5.69 Å². The lowest BCUT2D eigenvalue weighted by Crippen LogP contribution is -2.10. The molecule has 0 radical (unpaired) electrons. The molecule has 0 fully saturated rings. The van der Waals surface area contributed by atoms with Gasteiger partial charge in [0.15, 0.2) is 0 Å². The van der Waals surface area contributed by atoms with E-state index in [0.29, 0.717) is 40.7 Å². The van der Waals surface area contributed by atoms with Crippen LogP contribution in [0.4, 0.5) is 17.5 Å². The third-order valence-electron chi connectivity index (χ3n) is 9.32. The maximum Gasteiger partial charge on any atom is 0.142 e. The Morgan fingerprint density at radius 3 is 1.58 bits per heavy atom. The summed E-state index contributed by atoms with van der Waals surface area (Å²) in [5.74, 6) is 2.13. The van der Waals surface area contributed by atoms with Gasteiger partial charge in [0.1, 0.15) is 33.9 Å². The SMILES string of the molecule is S=c1cc(-c2ccc3c4[nH]c(c3c2)=Cc2[nH]c(c3ccccc23)N=c2[nH]c(c3ccccc23)=Nc2[nH]c(c3ccccc23)N=4)c(=S)c(=S)c1=S. The summed E-state index contributed by atoms with van der Waals surface area (Å²) < 4.78 is 1.96. The minimum absolute atomic E-state index is 0.447. The van der Waals surface area contributed by atoms with Crippen molar-refractivity contribution >= 4 is 115 Å². The molecule has 0 atom stereocenters. The summed E-state index contributed by atoms with van der Waals surface area (Å²) in [6.07, 6.45) is 2.11. The van der Waals surface area contributed by atoms with Crippen LogP contribution in [0.5, 0.6) is 0 Å². The molecule has 0 spiro atoms. The summed E-state index contributed by atoms with van der Waals surface area (Å²) in [7, 11) is 0. The highest BCUT2D eigenvalue weighted by Crippen LogP contribution is 2.34. The van der Waals surface area contributed by atoms with Gasteiger partial charge < -0.3 is 19.9 Å². The van der Waals surface area contributed by atoms with Crippen LogP contribution < -0.4 is 21.8 Å². The number of benzene rings is 5. The average Bonchev–Trinajstić information content (AvgIpc) is 3.88. The summed E-state index contributed by atoms with van der Waals surface area (Å²) in [6, 6.07) is 32.6. The van der Waals surface area contributed by atoms with E-state index in [1.165, 1.54) is 0 Å². The van der Waals surface area contributed by atoms with Crippen LogP contribution in [-0.2, 0) is 0 Å². The van der Waals surface area contributed by atoms with Crippen LogP contribution in [0.15, 0.2) is 112 Å².